The number of nitrogens with two attached hydrogens (primary N) is 2. The highest BCUT2D eigenvalue weighted by Crippen LogP contribution is 2.53. The molecule has 0 saturated carbocycles. The molecule has 22 nitrogen and oxygen atoms in total. The van der Waals surface area contributed by atoms with Gasteiger partial charge in [-0.1, -0.05) is 0 Å². The van der Waals surface area contributed by atoms with E-state index in [1.165, 1.54) is 33.6 Å². The van der Waals surface area contributed by atoms with Gasteiger partial charge in [-0.15, -0.1) is 11.8 Å². The first kappa shape index (κ1) is 31.7. The van der Waals surface area contributed by atoms with Crippen LogP contribution in [0.15, 0.2) is 24.0 Å². The lowest BCUT2D eigenvalue weighted by atomic mass is 10.1. The Hall–Kier alpha value is -2.89. The molecule has 0 spiro atoms. The maximum absolute atomic E-state index is 13.2. The highest BCUT2D eigenvalue weighted by Gasteiger charge is 2.54. The SMILES string of the molecule is CSc1nc(N)nc2c1ncn2[C@@H]1O[C@@H]2COP(=O)(O)OC3C(O)[C@H](n4cnc5c(N)ncnc54)O[C@@H]3OCP(=O)(O)OC2C1O. The molecule has 7 rings (SSSR count). The van der Waals surface area contributed by atoms with Crippen LogP contribution in [0.3, 0.4) is 0 Å². The number of aliphatic hydroxyl groups is 2. The lowest BCUT2D eigenvalue weighted by Gasteiger charge is -2.28. The number of rotatable bonds is 3. The van der Waals surface area contributed by atoms with Crippen molar-refractivity contribution in [3.8, 4) is 0 Å². The molecule has 0 aromatic carbocycles. The first-order chi connectivity index (χ1) is 21.9. The standard InChI is InChI=1S/C21H26N10O12P2S/c1-46-17-9-16(28-21(23)29-17)31(5-27-9)18-10(32)12-7(40-18)2-39-45(36,37)43-13-11(33)19(41-20(13)38-6-44(34,35)42-12)30-4-26-8-14(22)24-3-25-15(8)30/h3-5,7,10-13,18-20,32-33H,2,6H2,1H3,(H,34,35)(H,36,37)(H2,22,24,25)(H2,23,28,29)/t7-,10?,11?,12?,13?,18-,19-,20+/m1/s1. The van der Waals surface area contributed by atoms with Crippen molar-refractivity contribution in [1.29, 1.82) is 0 Å². The van der Waals surface area contributed by atoms with Crippen molar-refractivity contribution in [2.75, 3.05) is 30.7 Å². The number of thioether (sulfide) groups is 1. The fourth-order valence-electron chi connectivity index (χ4n) is 5.34. The van der Waals surface area contributed by atoms with Gasteiger partial charge in [0, 0.05) is 0 Å². The van der Waals surface area contributed by atoms with Gasteiger partial charge in [0.2, 0.25) is 5.95 Å². The summed E-state index contributed by atoms with van der Waals surface area (Å²) >= 11 is 1.26. The highest BCUT2D eigenvalue weighted by molar-refractivity contribution is 7.98. The number of hydrogen-bond acceptors (Lipinski definition) is 19. The molecule has 25 heteroatoms. The molecule has 0 bridgehead atoms. The number of nitrogen functional groups attached to an aromatic ring is 2. The summed E-state index contributed by atoms with van der Waals surface area (Å²) in [4.78, 5) is 46.0. The summed E-state index contributed by atoms with van der Waals surface area (Å²) in [6, 6.07) is 0. The van der Waals surface area contributed by atoms with Crippen LogP contribution in [0.4, 0.5) is 11.8 Å². The normalized spacial score (nSPS) is 37.2. The van der Waals surface area contributed by atoms with Crippen LogP contribution in [0, 0.1) is 0 Å². The summed E-state index contributed by atoms with van der Waals surface area (Å²) in [5.41, 5.74) is 12.5. The Kier molecular flexibility index (Phi) is 8.04. The molecule has 0 radical (unpaired) electrons. The van der Waals surface area contributed by atoms with E-state index in [0.717, 1.165) is 6.33 Å². The van der Waals surface area contributed by atoms with Gasteiger partial charge in [0.1, 0.15) is 46.8 Å². The van der Waals surface area contributed by atoms with E-state index in [1.54, 1.807) is 6.26 Å². The minimum absolute atomic E-state index is 0.0439. The third-order valence-electron chi connectivity index (χ3n) is 7.36. The summed E-state index contributed by atoms with van der Waals surface area (Å²) in [7, 11) is -9.78. The number of phosphoric acid groups is 1. The largest absolute Gasteiger partial charge is 0.472 e. The lowest BCUT2D eigenvalue weighted by molar-refractivity contribution is -0.168. The van der Waals surface area contributed by atoms with Crippen molar-refractivity contribution in [1.82, 2.24) is 39.0 Å². The Labute approximate surface area is 261 Å². The van der Waals surface area contributed by atoms with Crippen LogP contribution in [-0.4, -0.2) is 115 Å². The molecule has 3 fully saturated rings. The molecular formula is C21H26N10O12P2S. The van der Waals surface area contributed by atoms with E-state index in [9.17, 15) is 29.1 Å². The molecule has 46 heavy (non-hydrogen) atoms. The number of hydrogen-bond donors (Lipinski definition) is 6. The average Bonchev–Trinajstić information content (AvgIpc) is 3.76. The van der Waals surface area contributed by atoms with E-state index in [4.69, 9.17) is 39.2 Å². The average molecular weight is 705 g/mol. The van der Waals surface area contributed by atoms with Crippen molar-refractivity contribution in [3.05, 3.63) is 19.0 Å². The number of ether oxygens (including phenoxy) is 3. The van der Waals surface area contributed by atoms with Gasteiger partial charge < -0.3 is 45.7 Å². The van der Waals surface area contributed by atoms with Gasteiger partial charge in [-0.05, 0) is 6.26 Å². The predicted molar refractivity (Wildman–Crippen MR) is 152 cm³/mol. The Morgan fingerprint density at radius 2 is 1.61 bits per heavy atom. The van der Waals surface area contributed by atoms with Crippen LogP contribution in [0.25, 0.3) is 22.3 Å². The second-order valence-electron chi connectivity index (χ2n) is 10.3. The maximum atomic E-state index is 13.2. The number of phosphoric ester groups is 1. The van der Waals surface area contributed by atoms with Crippen LogP contribution in [0.1, 0.15) is 12.5 Å². The summed E-state index contributed by atoms with van der Waals surface area (Å²) in [5.74, 6) is -0.0363. The summed E-state index contributed by atoms with van der Waals surface area (Å²) in [6.45, 7) is -0.771. The molecule has 7 heterocycles. The minimum atomic E-state index is -5.04. The van der Waals surface area contributed by atoms with Gasteiger partial charge in [0.25, 0.3) is 0 Å². The molecule has 248 valence electrons. The summed E-state index contributed by atoms with van der Waals surface area (Å²) < 4.78 is 61.9. The number of imidazole rings is 2. The van der Waals surface area contributed by atoms with Crippen LogP contribution < -0.4 is 11.5 Å². The molecule has 4 aromatic heterocycles. The first-order valence-corrected chi connectivity index (χ1v) is 17.8. The third-order valence-corrected chi connectivity index (χ3v) is 10.1. The zero-order valence-corrected chi connectivity index (χ0v) is 26.0. The van der Waals surface area contributed by atoms with Crippen molar-refractivity contribution in [2.24, 2.45) is 0 Å². The van der Waals surface area contributed by atoms with E-state index in [1.807, 2.05) is 0 Å². The zero-order chi connectivity index (χ0) is 32.5. The zero-order valence-electron chi connectivity index (χ0n) is 23.4. The van der Waals surface area contributed by atoms with Gasteiger partial charge >= 0.3 is 15.4 Å². The monoisotopic (exact) mass is 704 g/mol. The number of anilines is 2. The number of aromatic nitrogens is 8. The second-order valence-corrected chi connectivity index (χ2v) is 14.2. The molecule has 6 unspecified atom stereocenters. The van der Waals surface area contributed by atoms with E-state index in [2.05, 4.69) is 29.9 Å². The van der Waals surface area contributed by atoms with Gasteiger partial charge in [0.15, 0.2) is 48.3 Å². The van der Waals surface area contributed by atoms with Gasteiger partial charge in [-0.25, -0.2) is 29.5 Å². The fourth-order valence-corrected chi connectivity index (χ4v) is 7.83. The van der Waals surface area contributed by atoms with Crippen LogP contribution >= 0.6 is 27.2 Å². The Bertz CT molecular complexity index is 1900. The lowest BCUT2D eigenvalue weighted by Crippen LogP contribution is -2.38. The molecule has 3 aliphatic heterocycles. The Morgan fingerprint density at radius 1 is 0.913 bits per heavy atom. The molecule has 0 aliphatic carbocycles. The highest BCUT2D eigenvalue weighted by atomic mass is 32.2. The number of nitrogens with zero attached hydrogens (tertiary/aromatic N) is 8. The predicted octanol–water partition coefficient (Wildman–Crippen LogP) is -0.913. The fraction of sp³-hybridized carbons (Fsp3) is 0.524. The molecular weight excluding hydrogens is 678 g/mol. The van der Waals surface area contributed by atoms with E-state index < -0.39 is 77.6 Å². The molecule has 3 aliphatic rings. The van der Waals surface area contributed by atoms with Crippen LogP contribution in [-0.2, 0) is 36.9 Å². The van der Waals surface area contributed by atoms with Gasteiger partial charge in [-0.3, -0.25) is 27.3 Å². The van der Waals surface area contributed by atoms with Crippen molar-refractivity contribution in [2.45, 2.75) is 54.3 Å². The van der Waals surface area contributed by atoms with E-state index in [-0.39, 0.29) is 28.6 Å². The van der Waals surface area contributed by atoms with Crippen LogP contribution in [0.5, 0.6) is 0 Å². The second kappa shape index (κ2) is 11.7. The quantitative estimate of drug-likeness (QED) is 0.0853. The molecule has 4 aromatic rings. The minimum Gasteiger partial charge on any atom is -0.386 e. The topological polar surface area (TPSA) is 310 Å². The first-order valence-electron chi connectivity index (χ1n) is 13.3. The summed E-state index contributed by atoms with van der Waals surface area (Å²) in [5, 5.41) is 22.8. The van der Waals surface area contributed by atoms with E-state index >= 15 is 0 Å². The smallest absolute Gasteiger partial charge is 0.386 e. The third kappa shape index (κ3) is 5.56. The Morgan fingerprint density at radius 3 is 2.37 bits per heavy atom. The Balaban J connectivity index is 1.17. The number of fused-ring (bicyclic) bond motifs is 4. The van der Waals surface area contributed by atoms with E-state index in [0.29, 0.717) is 10.5 Å². The van der Waals surface area contributed by atoms with Gasteiger partial charge in [0.05, 0.1) is 19.3 Å². The van der Waals surface area contributed by atoms with Crippen molar-refractivity contribution < 1.29 is 56.9 Å². The van der Waals surface area contributed by atoms with Gasteiger partial charge in [-0.2, -0.15) is 4.98 Å². The molecule has 10 atom stereocenters. The molecule has 8 N–H and O–H groups in total. The maximum Gasteiger partial charge on any atom is 0.472 e. The molecule has 0 amide bonds. The van der Waals surface area contributed by atoms with Crippen molar-refractivity contribution in [3.63, 3.8) is 0 Å². The molecule has 3 saturated heterocycles. The van der Waals surface area contributed by atoms with Crippen molar-refractivity contribution >= 4 is 61.3 Å². The summed E-state index contributed by atoms with van der Waals surface area (Å²) in [6.07, 6.45) is -8.14. The van der Waals surface area contributed by atoms with Crippen LogP contribution in [0.2, 0.25) is 0 Å². The number of aliphatic hydroxyl groups excluding tert-OH is 2.